The van der Waals surface area contributed by atoms with Gasteiger partial charge in [0.05, 0.1) is 0 Å². The highest BCUT2D eigenvalue weighted by Gasteiger charge is 2.55. The fourth-order valence-corrected chi connectivity index (χ4v) is 2.12. The number of aliphatic hydroxyl groups excluding tert-OH is 1. The van der Waals surface area contributed by atoms with Crippen molar-refractivity contribution in [1.82, 2.24) is 0 Å². The topological polar surface area (TPSA) is 20.2 Å². The minimum atomic E-state index is 0.456. The van der Waals surface area contributed by atoms with Crippen LogP contribution in [0.1, 0.15) is 25.7 Å². The highest BCUT2D eigenvalue weighted by molar-refractivity contribution is 5.05. The van der Waals surface area contributed by atoms with Crippen molar-refractivity contribution in [3.05, 3.63) is 0 Å². The van der Waals surface area contributed by atoms with Crippen molar-refractivity contribution >= 4 is 0 Å². The second-order valence-electron chi connectivity index (χ2n) is 3.31. The van der Waals surface area contributed by atoms with E-state index in [1.807, 2.05) is 0 Å². The van der Waals surface area contributed by atoms with Gasteiger partial charge in [0.2, 0.25) is 0 Å². The fourth-order valence-electron chi connectivity index (χ4n) is 2.12. The maximum absolute atomic E-state index is 8.87. The van der Waals surface area contributed by atoms with Crippen LogP contribution in [0.3, 0.4) is 0 Å². The van der Waals surface area contributed by atoms with Crippen LogP contribution >= 0.6 is 0 Å². The molecule has 0 unspecified atom stereocenters. The van der Waals surface area contributed by atoms with E-state index in [4.69, 9.17) is 5.11 Å². The molecule has 2 saturated carbocycles. The van der Waals surface area contributed by atoms with Crippen LogP contribution in [0.25, 0.3) is 0 Å². The highest BCUT2D eigenvalue weighted by atomic mass is 16.3. The predicted octanol–water partition coefficient (Wildman–Crippen LogP) is 1.17. The number of hydrogen-bond donors (Lipinski definition) is 1. The lowest BCUT2D eigenvalue weighted by Crippen LogP contribution is -2.03. The summed E-state index contributed by atoms with van der Waals surface area (Å²) in [5, 5.41) is 8.87. The molecular weight excluding hydrogens is 100 g/mol. The lowest BCUT2D eigenvalue weighted by Gasteiger charge is -2.03. The predicted molar refractivity (Wildman–Crippen MR) is 31.5 cm³/mol. The minimum absolute atomic E-state index is 0.456. The summed E-state index contributed by atoms with van der Waals surface area (Å²) >= 11 is 0. The van der Waals surface area contributed by atoms with Crippen LogP contribution in [0.4, 0.5) is 0 Å². The van der Waals surface area contributed by atoms with Gasteiger partial charge in [-0.25, -0.2) is 0 Å². The summed E-state index contributed by atoms with van der Waals surface area (Å²) in [4.78, 5) is 0. The molecule has 1 N–H and O–H groups in total. The zero-order valence-corrected chi connectivity index (χ0v) is 5.06. The van der Waals surface area contributed by atoms with Gasteiger partial charge in [-0.05, 0) is 30.6 Å². The van der Waals surface area contributed by atoms with Crippen LogP contribution in [0, 0.1) is 11.3 Å². The van der Waals surface area contributed by atoms with Crippen LogP contribution in [-0.2, 0) is 0 Å². The molecule has 0 amide bonds. The average molecular weight is 112 g/mol. The third-order valence-corrected chi connectivity index (χ3v) is 2.90. The van der Waals surface area contributed by atoms with E-state index in [1.54, 1.807) is 0 Å². The molecule has 8 heavy (non-hydrogen) atoms. The third kappa shape index (κ3) is 0.408. The first-order valence-corrected chi connectivity index (χ1v) is 3.48. The molecule has 0 radical (unpaired) electrons. The summed E-state index contributed by atoms with van der Waals surface area (Å²) in [7, 11) is 0. The van der Waals surface area contributed by atoms with E-state index in [2.05, 4.69) is 0 Å². The molecule has 0 aromatic rings. The van der Waals surface area contributed by atoms with Crippen molar-refractivity contribution in [2.75, 3.05) is 6.61 Å². The van der Waals surface area contributed by atoms with Gasteiger partial charge >= 0.3 is 0 Å². The van der Waals surface area contributed by atoms with E-state index >= 15 is 0 Å². The first-order chi connectivity index (χ1) is 3.87. The molecule has 2 aliphatic carbocycles. The summed E-state index contributed by atoms with van der Waals surface area (Å²) in [6, 6.07) is 0. The number of fused-ring (bicyclic) bond motifs is 1. The van der Waals surface area contributed by atoms with Gasteiger partial charge in [-0.15, -0.1) is 0 Å². The van der Waals surface area contributed by atoms with E-state index in [9.17, 15) is 0 Å². The van der Waals surface area contributed by atoms with Crippen LogP contribution < -0.4 is 0 Å². The maximum Gasteiger partial charge on any atom is 0.0490 e. The largest absolute Gasteiger partial charge is 0.396 e. The molecule has 0 aromatic heterocycles. The Kier molecular flexibility index (Phi) is 0.762. The second-order valence-corrected chi connectivity index (χ2v) is 3.31. The van der Waals surface area contributed by atoms with Gasteiger partial charge in [0.1, 0.15) is 0 Å². The van der Waals surface area contributed by atoms with Crippen LogP contribution in [0.5, 0.6) is 0 Å². The summed E-state index contributed by atoms with van der Waals surface area (Å²) in [5.41, 5.74) is 0.458. The average Bonchev–Trinajstić information content (AvgIpc) is 2.38. The van der Waals surface area contributed by atoms with Crippen molar-refractivity contribution in [3.63, 3.8) is 0 Å². The van der Waals surface area contributed by atoms with Crippen LogP contribution in [0.2, 0.25) is 0 Å². The highest BCUT2D eigenvalue weighted by Crippen LogP contribution is 2.62. The lowest BCUT2D eigenvalue weighted by atomic mass is 10.1. The van der Waals surface area contributed by atoms with E-state index in [0.717, 1.165) is 5.92 Å². The first kappa shape index (κ1) is 4.80. The molecule has 2 fully saturated rings. The van der Waals surface area contributed by atoms with E-state index < -0.39 is 0 Å². The molecule has 1 heteroatoms. The fraction of sp³-hybridized carbons (Fsp3) is 1.00. The van der Waals surface area contributed by atoms with Crippen molar-refractivity contribution in [3.8, 4) is 0 Å². The maximum atomic E-state index is 8.87. The molecule has 0 bridgehead atoms. The lowest BCUT2D eigenvalue weighted by molar-refractivity contribution is 0.205. The molecular formula is C7H12O. The summed E-state index contributed by atoms with van der Waals surface area (Å²) < 4.78 is 0. The normalized spacial score (nSPS) is 51.4. The Morgan fingerprint density at radius 3 is 2.75 bits per heavy atom. The quantitative estimate of drug-likeness (QED) is 0.540. The summed E-state index contributed by atoms with van der Waals surface area (Å²) in [6.45, 7) is 0.456. The van der Waals surface area contributed by atoms with Gasteiger partial charge in [-0.3, -0.25) is 0 Å². The molecule has 2 atom stereocenters. The third-order valence-electron chi connectivity index (χ3n) is 2.90. The molecule has 2 rings (SSSR count). The van der Waals surface area contributed by atoms with Crippen molar-refractivity contribution in [2.45, 2.75) is 25.7 Å². The van der Waals surface area contributed by atoms with Crippen molar-refractivity contribution < 1.29 is 5.11 Å². The number of rotatable bonds is 1. The molecule has 0 aliphatic heterocycles. The second kappa shape index (κ2) is 1.27. The summed E-state index contributed by atoms with van der Waals surface area (Å²) in [6.07, 6.45) is 5.38. The molecule has 0 saturated heterocycles. The standard InChI is InChI=1S/C7H12O/c8-5-7-3-1-2-6(7)4-7/h6,8H,1-5H2/t6-,7+/m1/s1. The smallest absolute Gasteiger partial charge is 0.0490 e. The monoisotopic (exact) mass is 112 g/mol. The van der Waals surface area contributed by atoms with E-state index in [1.165, 1.54) is 25.7 Å². The zero-order valence-electron chi connectivity index (χ0n) is 5.06. The Balaban J connectivity index is 2.08. The first-order valence-electron chi connectivity index (χ1n) is 3.48. The molecule has 46 valence electrons. The van der Waals surface area contributed by atoms with Gasteiger partial charge < -0.3 is 5.11 Å². The number of hydrogen-bond acceptors (Lipinski definition) is 1. The van der Waals surface area contributed by atoms with Gasteiger partial charge in [-0.1, -0.05) is 6.42 Å². The number of aliphatic hydroxyl groups is 1. The van der Waals surface area contributed by atoms with E-state index in [0.29, 0.717) is 12.0 Å². The molecule has 0 spiro atoms. The van der Waals surface area contributed by atoms with Crippen molar-refractivity contribution in [2.24, 2.45) is 11.3 Å². The molecule has 0 aromatic carbocycles. The summed E-state index contributed by atoms with van der Waals surface area (Å²) in [5.74, 6) is 0.924. The Morgan fingerprint density at radius 2 is 2.50 bits per heavy atom. The SMILES string of the molecule is OC[C@@]12CCC[C@@H]1C2. The van der Waals surface area contributed by atoms with Gasteiger partial charge in [0.15, 0.2) is 0 Å². The van der Waals surface area contributed by atoms with E-state index in [-0.39, 0.29) is 0 Å². The Hall–Kier alpha value is -0.0400. The zero-order chi connectivity index (χ0) is 5.61. The van der Waals surface area contributed by atoms with Gasteiger partial charge in [0, 0.05) is 6.61 Å². The van der Waals surface area contributed by atoms with Crippen LogP contribution in [-0.4, -0.2) is 11.7 Å². The van der Waals surface area contributed by atoms with Gasteiger partial charge in [0.25, 0.3) is 0 Å². The molecule has 1 nitrogen and oxygen atoms in total. The van der Waals surface area contributed by atoms with Crippen LogP contribution in [0.15, 0.2) is 0 Å². The van der Waals surface area contributed by atoms with Crippen molar-refractivity contribution in [1.29, 1.82) is 0 Å². The minimum Gasteiger partial charge on any atom is -0.396 e. The van der Waals surface area contributed by atoms with Gasteiger partial charge in [-0.2, -0.15) is 0 Å². The molecule has 0 heterocycles. The molecule has 2 aliphatic rings. The Morgan fingerprint density at radius 1 is 1.62 bits per heavy atom. The Labute approximate surface area is 49.7 Å². The Bertz CT molecular complexity index is 107.